The van der Waals surface area contributed by atoms with E-state index in [9.17, 15) is 9.18 Å². The molecule has 8 nitrogen and oxygen atoms in total. The summed E-state index contributed by atoms with van der Waals surface area (Å²) in [6.45, 7) is 2.65. The summed E-state index contributed by atoms with van der Waals surface area (Å²) in [4.78, 5) is 28.1. The summed E-state index contributed by atoms with van der Waals surface area (Å²) in [5.41, 5.74) is 3.15. The van der Waals surface area contributed by atoms with E-state index in [-0.39, 0.29) is 17.6 Å². The fraction of sp³-hybridized carbons (Fsp3) is 0.345. The van der Waals surface area contributed by atoms with Gasteiger partial charge < -0.3 is 24.7 Å². The zero-order valence-electron chi connectivity index (χ0n) is 21.6. The fourth-order valence-corrected chi connectivity index (χ4v) is 5.01. The van der Waals surface area contributed by atoms with Gasteiger partial charge in [-0.3, -0.25) is 4.79 Å². The van der Waals surface area contributed by atoms with Crippen LogP contribution in [0.15, 0.2) is 60.8 Å². The van der Waals surface area contributed by atoms with Crippen LogP contribution in [0.2, 0.25) is 0 Å². The normalized spacial score (nSPS) is 15.3. The number of aromatic nitrogens is 3. The quantitative estimate of drug-likeness (QED) is 0.345. The Morgan fingerprint density at radius 1 is 1.08 bits per heavy atom. The lowest BCUT2D eigenvalue weighted by Crippen LogP contribution is -2.42. The number of nitrogens with one attached hydrogen (secondary N) is 2. The minimum atomic E-state index is -0.674. The van der Waals surface area contributed by atoms with Crippen molar-refractivity contribution >= 4 is 16.8 Å². The van der Waals surface area contributed by atoms with Crippen molar-refractivity contribution in [1.29, 1.82) is 0 Å². The number of piperidine rings is 1. The molecule has 0 bridgehead atoms. The maximum absolute atomic E-state index is 13.6. The van der Waals surface area contributed by atoms with Gasteiger partial charge >= 0.3 is 0 Å². The molecule has 3 heterocycles. The first kappa shape index (κ1) is 25.7. The van der Waals surface area contributed by atoms with Gasteiger partial charge in [0.1, 0.15) is 11.9 Å². The van der Waals surface area contributed by atoms with E-state index < -0.39 is 6.04 Å². The smallest absolute Gasteiger partial charge is 0.224 e. The van der Waals surface area contributed by atoms with E-state index in [0.717, 1.165) is 44.4 Å². The molecule has 2 aromatic heterocycles. The van der Waals surface area contributed by atoms with Crippen LogP contribution in [-0.4, -0.2) is 59.6 Å². The molecule has 1 atom stereocenters. The Hall–Kier alpha value is -3.98. The number of ether oxygens (including phenoxy) is 2. The van der Waals surface area contributed by atoms with E-state index in [1.807, 2.05) is 6.07 Å². The predicted molar refractivity (Wildman–Crippen MR) is 143 cm³/mol. The van der Waals surface area contributed by atoms with E-state index in [0.29, 0.717) is 23.1 Å². The summed E-state index contributed by atoms with van der Waals surface area (Å²) in [6.07, 6.45) is 4.58. The number of likely N-dealkylation sites (tertiary alicyclic amines) is 1. The molecule has 1 aliphatic rings. The Labute approximate surface area is 221 Å². The van der Waals surface area contributed by atoms with Crippen molar-refractivity contribution in [2.24, 2.45) is 5.92 Å². The first-order valence-corrected chi connectivity index (χ1v) is 12.8. The van der Waals surface area contributed by atoms with Crippen molar-refractivity contribution in [1.82, 2.24) is 25.2 Å². The van der Waals surface area contributed by atoms with E-state index in [4.69, 9.17) is 9.47 Å². The fourth-order valence-electron chi connectivity index (χ4n) is 5.01. The predicted octanol–water partition coefficient (Wildman–Crippen LogP) is 4.27. The van der Waals surface area contributed by atoms with Gasteiger partial charge in [-0.15, -0.1) is 0 Å². The summed E-state index contributed by atoms with van der Waals surface area (Å²) >= 11 is 0. The first-order valence-electron chi connectivity index (χ1n) is 12.8. The number of carbonyl (C=O) groups is 1. The van der Waals surface area contributed by atoms with Gasteiger partial charge in [0.15, 0.2) is 5.82 Å². The Balaban J connectivity index is 1.24. The molecule has 0 radical (unpaired) electrons. The molecule has 1 fully saturated rings. The Morgan fingerprint density at radius 2 is 1.76 bits per heavy atom. The summed E-state index contributed by atoms with van der Waals surface area (Å²) in [6, 6.07) is 15.2. The third kappa shape index (κ3) is 5.78. The maximum atomic E-state index is 13.6. The number of carbonyl (C=O) groups excluding carboxylic acids is 1. The molecule has 1 saturated heterocycles. The molecule has 0 spiro atoms. The van der Waals surface area contributed by atoms with Gasteiger partial charge in [-0.25, -0.2) is 4.39 Å². The third-order valence-corrected chi connectivity index (χ3v) is 7.19. The Morgan fingerprint density at radius 3 is 2.45 bits per heavy atom. The van der Waals surface area contributed by atoms with E-state index in [1.54, 1.807) is 18.2 Å². The zero-order chi connectivity index (χ0) is 26.5. The van der Waals surface area contributed by atoms with E-state index in [2.05, 4.69) is 49.6 Å². The van der Waals surface area contributed by atoms with Crippen molar-refractivity contribution in [2.75, 3.05) is 33.9 Å². The number of halogens is 1. The molecule has 1 unspecified atom stereocenters. The number of nitrogens with zero attached hydrogens (tertiary/aromatic N) is 3. The zero-order valence-corrected chi connectivity index (χ0v) is 21.6. The number of aromatic amines is 1. The van der Waals surface area contributed by atoms with Crippen molar-refractivity contribution in [3.63, 3.8) is 0 Å². The Kier molecular flexibility index (Phi) is 7.83. The maximum Gasteiger partial charge on any atom is 0.224 e. The average Bonchev–Trinajstić information content (AvgIpc) is 3.38. The highest BCUT2D eigenvalue weighted by Crippen LogP contribution is 2.27. The van der Waals surface area contributed by atoms with Crippen LogP contribution >= 0.6 is 0 Å². The minimum Gasteiger partial charge on any atom is -0.481 e. The average molecular weight is 518 g/mol. The van der Waals surface area contributed by atoms with Crippen LogP contribution in [0, 0.1) is 11.7 Å². The molecule has 2 N–H and O–H groups in total. The number of benzene rings is 2. The summed E-state index contributed by atoms with van der Waals surface area (Å²) in [5, 5.41) is 4.38. The summed E-state index contributed by atoms with van der Waals surface area (Å²) < 4.78 is 24.2. The van der Waals surface area contributed by atoms with Gasteiger partial charge in [0.05, 0.1) is 20.3 Å². The van der Waals surface area contributed by atoms with Gasteiger partial charge in [-0.05, 0) is 61.7 Å². The minimum absolute atomic E-state index is 0.0685. The lowest BCUT2D eigenvalue weighted by atomic mass is 9.94. The van der Waals surface area contributed by atoms with Gasteiger partial charge in [0, 0.05) is 29.6 Å². The SMILES string of the molecule is COc1cc(OC)nc(C(NC(=O)C2CCN(CCc3c[nH]c4ccccc34)CC2)c2ccc(F)cc2)n1. The van der Waals surface area contributed by atoms with Crippen LogP contribution in [-0.2, 0) is 11.2 Å². The van der Waals surface area contributed by atoms with Crippen LogP contribution < -0.4 is 14.8 Å². The highest BCUT2D eigenvalue weighted by Gasteiger charge is 2.29. The van der Waals surface area contributed by atoms with Crippen molar-refractivity contribution in [2.45, 2.75) is 25.3 Å². The molecule has 0 aliphatic carbocycles. The first-order chi connectivity index (χ1) is 18.5. The standard InChI is InChI=1S/C29H32FN5O3/c1-37-25-17-26(38-2)33-28(32-25)27(19-7-9-22(30)10-8-19)34-29(36)20-11-14-35(15-12-20)16-13-21-18-31-24-6-4-3-5-23(21)24/h3-10,17-18,20,27,31H,11-16H2,1-2H3,(H,34,36). The summed E-state index contributed by atoms with van der Waals surface area (Å²) in [5.74, 6) is 0.393. The summed E-state index contributed by atoms with van der Waals surface area (Å²) in [7, 11) is 3.01. The van der Waals surface area contributed by atoms with Crippen molar-refractivity contribution < 1.29 is 18.7 Å². The van der Waals surface area contributed by atoms with E-state index in [1.165, 1.54) is 37.3 Å². The van der Waals surface area contributed by atoms with Crippen LogP contribution in [0.3, 0.4) is 0 Å². The van der Waals surface area contributed by atoms with E-state index >= 15 is 0 Å². The van der Waals surface area contributed by atoms with Crippen LogP contribution in [0.4, 0.5) is 4.39 Å². The van der Waals surface area contributed by atoms with Crippen molar-refractivity contribution in [3.05, 3.63) is 83.6 Å². The molecule has 38 heavy (non-hydrogen) atoms. The number of amides is 1. The largest absolute Gasteiger partial charge is 0.481 e. The molecule has 1 aliphatic heterocycles. The number of hydrogen-bond donors (Lipinski definition) is 2. The number of H-pyrrole nitrogens is 1. The molecule has 1 amide bonds. The van der Waals surface area contributed by atoms with Gasteiger partial charge in [0.2, 0.25) is 17.7 Å². The highest BCUT2D eigenvalue weighted by atomic mass is 19.1. The molecule has 0 saturated carbocycles. The molecule has 5 rings (SSSR count). The molecule has 9 heteroatoms. The second-order valence-corrected chi connectivity index (χ2v) is 9.53. The lowest BCUT2D eigenvalue weighted by molar-refractivity contribution is -0.127. The highest BCUT2D eigenvalue weighted by molar-refractivity contribution is 5.83. The van der Waals surface area contributed by atoms with Crippen LogP contribution in [0.25, 0.3) is 10.9 Å². The number of rotatable bonds is 9. The molecule has 198 valence electrons. The molecular formula is C29H32FN5O3. The molecular weight excluding hydrogens is 485 g/mol. The third-order valence-electron chi connectivity index (χ3n) is 7.19. The van der Waals surface area contributed by atoms with Crippen LogP contribution in [0.1, 0.15) is 35.8 Å². The monoisotopic (exact) mass is 517 g/mol. The molecule has 4 aromatic rings. The van der Waals surface area contributed by atoms with Crippen molar-refractivity contribution in [3.8, 4) is 11.8 Å². The van der Waals surface area contributed by atoms with Gasteiger partial charge in [-0.2, -0.15) is 9.97 Å². The second-order valence-electron chi connectivity index (χ2n) is 9.53. The number of methoxy groups -OCH3 is 2. The number of para-hydroxylation sites is 1. The van der Waals surface area contributed by atoms with Gasteiger partial charge in [-0.1, -0.05) is 30.3 Å². The lowest BCUT2D eigenvalue weighted by Gasteiger charge is -2.32. The number of hydrogen-bond acceptors (Lipinski definition) is 6. The van der Waals surface area contributed by atoms with Crippen LogP contribution in [0.5, 0.6) is 11.8 Å². The Bertz CT molecular complexity index is 1360. The second kappa shape index (κ2) is 11.6. The van der Waals surface area contributed by atoms with Gasteiger partial charge in [0.25, 0.3) is 0 Å². The molecule has 2 aromatic carbocycles. The topological polar surface area (TPSA) is 92.4 Å². The number of fused-ring (bicyclic) bond motifs is 1.